The van der Waals surface area contributed by atoms with Crippen molar-refractivity contribution < 1.29 is 19.1 Å². The van der Waals surface area contributed by atoms with E-state index in [1.807, 2.05) is 31.3 Å². The Morgan fingerprint density at radius 1 is 1.22 bits per heavy atom. The first-order valence-electron chi connectivity index (χ1n) is 12.1. The first-order chi connectivity index (χ1) is 17.5. The Morgan fingerprint density at radius 3 is 2.78 bits per heavy atom. The van der Waals surface area contributed by atoms with Crippen LogP contribution >= 0.6 is 0 Å². The zero-order chi connectivity index (χ0) is 24.9. The number of aryl methyl sites for hydroxylation is 1. The van der Waals surface area contributed by atoms with Crippen LogP contribution in [0, 0.1) is 5.92 Å². The van der Waals surface area contributed by atoms with Gasteiger partial charge in [-0.15, -0.1) is 5.10 Å². The van der Waals surface area contributed by atoms with E-state index in [0.29, 0.717) is 59.9 Å². The summed E-state index contributed by atoms with van der Waals surface area (Å²) >= 11 is 0. The third kappa shape index (κ3) is 3.40. The fourth-order valence-corrected chi connectivity index (χ4v) is 5.53. The highest BCUT2D eigenvalue weighted by molar-refractivity contribution is 6.19. The molecule has 4 heterocycles. The SMILES string of the molecule is CCn1ccc2c(OC)cc(C(=O)[C@@H]3C(=O)c4cc(-c5nnn[nH]5)ccc4OC34CCNCC4)cc21. The maximum Gasteiger partial charge on any atom is 0.181 e. The molecule has 0 unspecified atom stereocenters. The van der Waals surface area contributed by atoms with Gasteiger partial charge >= 0.3 is 0 Å². The summed E-state index contributed by atoms with van der Waals surface area (Å²) in [5.74, 6) is 0.0291. The number of ether oxygens (including phenoxy) is 2. The van der Waals surface area contributed by atoms with E-state index in [4.69, 9.17) is 9.47 Å². The zero-order valence-corrected chi connectivity index (χ0v) is 20.1. The summed E-state index contributed by atoms with van der Waals surface area (Å²) in [5, 5.41) is 18.1. The molecule has 1 saturated heterocycles. The quantitative estimate of drug-likeness (QED) is 0.326. The molecule has 184 valence electrons. The smallest absolute Gasteiger partial charge is 0.181 e. The van der Waals surface area contributed by atoms with Gasteiger partial charge in [-0.3, -0.25) is 9.59 Å². The van der Waals surface area contributed by atoms with Crippen molar-refractivity contribution in [2.45, 2.75) is 31.9 Å². The fraction of sp³-hybridized carbons (Fsp3) is 0.346. The Hall–Kier alpha value is -4.05. The lowest BCUT2D eigenvalue weighted by atomic mass is 9.70. The molecule has 2 aromatic heterocycles. The number of tetrazole rings is 1. The zero-order valence-electron chi connectivity index (χ0n) is 20.1. The number of nitrogens with zero attached hydrogens (tertiary/aromatic N) is 4. The van der Waals surface area contributed by atoms with Crippen molar-refractivity contribution in [2.24, 2.45) is 5.92 Å². The predicted octanol–water partition coefficient (Wildman–Crippen LogP) is 3.05. The number of aromatic nitrogens is 5. The molecule has 6 rings (SSSR count). The van der Waals surface area contributed by atoms with Crippen molar-refractivity contribution in [3.05, 3.63) is 53.7 Å². The summed E-state index contributed by atoms with van der Waals surface area (Å²) in [7, 11) is 1.59. The van der Waals surface area contributed by atoms with Gasteiger partial charge in [0.15, 0.2) is 17.4 Å². The molecule has 2 N–H and O–H groups in total. The van der Waals surface area contributed by atoms with Crippen LogP contribution in [0.4, 0.5) is 0 Å². The number of piperidine rings is 1. The van der Waals surface area contributed by atoms with E-state index in [1.165, 1.54) is 0 Å². The third-order valence-corrected chi connectivity index (χ3v) is 7.37. The van der Waals surface area contributed by atoms with Crippen LogP contribution in [-0.4, -0.2) is 62.6 Å². The molecule has 4 aromatic rings. The van der Waals surface area contributed by atoms with Gasteiger partial charge in [0.2, 0.25) is 0 Å². The lowest BCUT2D eigenvalue weighted by Crippen LogP contribution is -2.58. The van der Waals surface area contributed by atoms with Crippen LogP contribution in [0.3, 0.4) is 0 Å². The van der Waals surface area contributed by atoms with E-state index in [1.54, 1.807) is 25.3 Å². The maximum absolute atomic E-state index is 14.2. The molecule has 1 atom stereocenters. The minimum atomic E-state index is -0.984. The Kier molecular flexibility index (Phi) is 5.33. The van der Waals surface area contributed by atoms with E-state index < -0.39 is 11.5 Å². The maximum atomic E-state index is 14.2. The summed E-state index contributed by atoms with van der Waals surface area (Å²) in [4.78, 5) is 28.3. The summed E-state index contributed by atoms with van der Waals surface area (Å²) in [6, 6.07) is 10.8. The highest BCUT2D eigenvalue weighted by Crippen LogP contribution is 2.45. The van der Waals surface area contributed by atoms with Gasteiger partial charge in [0.25, 0.3) is 0 Å². The van der Waals surface area contributed by atoms with Gasteiger partial charge in [0.1, 0.15) is 23.0 Å². The second-order valence-corrected chi connectivity index (χ2v) is 9.25. The molecule has 10 nitrogen and oxygen atoms in total. The minimum Gasteiger partial charge on any atom is -0.496 e. The molecular formula is C26H26N6O4. The van der Waals surface area contributed by atoms with Crippen molar-refractivity contribution in [1.82, 2.24) is 30.5 Å². The second kappa shape index (κ2) is 8.56. The van der Waals surface area contributed by atoms with E-state index in [9.17, 15) is 9.59 Å². The number of ketones is 2. The number of carbonyl (C=O) groups excluding carboxylic acids is 2. The highest BCUT2D eigenvalue weighted by atomic mass is 16.5. The number of hydrogen-bond donors (Lipinski definition) is 2. The van der Waals surface area contributed by atoms with Gasteiger partial charge < -0.3 is 19.4 Å². The van der Waals surface area contributed by atoms with E-state index in [-0.39, 0.29) is 11.6 Å². The summed E-state index contributed by atoms with van der Waals surface area (Å²) < 4.78 is 14.2. The van der Waals surface area contributed by atoms with Crippen molar-refractivity contribution in [3.63, 3.8) is 0 Å². The van der Waals surface area contributed by atoms with Crippen molar-refractivity contribution in [1.29, 1.82) is 0 Å². The third-order valence-electron chi connectivity index (χ3n) is 7.37. The Morgan fingerprint density at radius 2 is 2.06 bits per heavy atom. The van der Waals surface area contributed by atoms with Gasteiger partial charge in [0, 0.05) is 42.1 Å². The van der Waals surface area contributed by atoms with Crippen LogP contribution in [0.25, 0.3) is 22.3 Å². The van der Waals surface area contributed by atoms with Crippen LogP contribution in [0.15, 0.2) is 42.6 Å². The molecule has 0 radical (unpaired) electrons. The lowest BCUT2D eigenvalue weighted by Gasteiger charge is -2.45. The van der Waals surface area contributed by atoms with Crippen molar-refractivity contribution in [2.75, 3.05) is 20.2 Å². The molecule has 0 amide bonds. The number of aromatic amines is 1. The monoisotopic (exact) mass is 486 g/mol. The average molecular weight is 487 g/mol. The number of carbonyl (C=O) groups is 2. The van der Waals surface area contributed by atoms with Crippen LogP contribution in [-0.2, 0) is 6.54 Å². The van der Waals surface area contributed by atoms with Crippen LogP contribution in [0.1, 0.15) is 40.5 Å². The highest BCUT2D eigenvalue weighted by Gasteiger charge is 2.54. The van der Waals surface area contributed by atoms with E-state index in [2.05, 4.69) is 30.5 Å². The number of methoxy groups -OCH3 is 1. The molecule has 2 aromatic carbocycles. The summed E-state index contributed by atoms with van der Waals surface area (Å²) in [6.45, 7) is 4.12. The topological polar surface area (TPSA) is 124 Å². The largest absolute Gasteiger partial charge is 0.496 e. The number of rotatable bonds is 5. The van der Waals surface area contributed by atoms with Gasteiger partial charge in [-0.05, 0) is 66.8 Å². The van der Waals surface area contributed by atoms with E-state index >= 15 is 0 Å². The number of Topliss-reactive ketones (excluding diaryl/α,β-unsaturated/α-hetero) is 2. The Labute approximate surface area is 207 Å². The van der Waals surface area contributed by atoms with Crippen LogP contribution < -0.4 is 14.8 Å². The molecule has 36 heavy (non-hydrogen) atoms. The van der Waals surface area contributed by atoms with Gasteiger partial charge in [-0.1, -0.05) is 0 Å². The first-order valence-corrected chi connectivity index (χ1v) is 12.1. The fourth-order valence-electron chi connectivity index (χ4n) is 5.53. The summed E-state index contributed by atoms with van der Waals surface area (Å²) in [6.07, 6.45) is 3.07. The molecule has 0 saturated carbocycles. The Balaban J connectivity index is 1.48. The molecule has 1 fully saturated rings. The molecule has 2 aliphatic rings. The molecule has 10 heteroatoms. The minimum absolute atomic E-state index is 0.248. The van der Waals surface area contributed by atoms with Crippen molar-refractivity contribution >= 4 is 22.5 Å². The van der Waals surface area contributed by atoms with Crippen molar-refractivity contribution in [3.8, 4) is 22.9 Å². The second-order valence-electron chi connectivity index (χ2n) is 9.25. The molecule has 0 aliphatic carbocycles. The normalized spacial score (nSPS) is 18.7. The van der Waals surface area contributed by atoms with Gasteiger partial charge in [-0.2, -0.15) is 0 Å². The van der Waals surface area contributed by atoms with E-state index in [0.717, 1.165) is 17.4 Å². The number of H-pyrrole nitrogens is 1. The first kappa shape index (κ1) is 22.4. The number of benzene rings is 2. The average Bonchev–Trinajstić information content (AvgIpc) is 3.59. The predicted molar refractivity (Wildman–Crippen MR) is 131 cm³/mol. The Bertz CT molecular complexity index is 1470. The van der Waals surface area contributed by atoms with Gasteiger partial charge in [-0.25, -0.2) is 5.10 Å². The van der Waals surface area contributed by atoms with Crippen LogP contribution in [0.2, 0.25) is 0 Å². The standard InChI is InChI=1S/C26H26N6O4/c1-3-32-11-6-17-19(32)13-16(14-21(17)35-2)23(33)22-24(34)18-12-15(25-28-30-31-29-25)4-5-20(18)36-26(22)7-9-27-10-8-26/h4-6,11-14,22,27H,3,7-10H2,1-2H3,(H,28,29,30,31)/t22-/m1/s1. The summed E-state index contributed by atoms with van der Waals surface area (Å²) in [5.41, 5.74) is 1.41. The molecule has 2 aliphatic heterocycles. The lowest BCUT2D eigenvalue weighted by molar-refractivity contribution is -0.0138. The van der Waals surface area contributed by atoms with Crippen LogP contribution in [0.5, 0.6) is 11.5 Å². The molecular weight excluding hydrogens is 460 g/mol. The molecule has 1 spiro atoms. The number of fused-ring (bicyclic) bond motifs is 2. The number of hydrogen-bond acceptors (Lipinski definition) is 8. The molecule has 0 bridgehead atoms. The van der Waals surface area contributed by atoms with Gasteiger partial charge in [0.05, 0.1) is 18.2 Å². The number of nitrogens with one attached hydrogen (secondary N) is 2.